The summed E-state index contributed by atoms with van der Waals surface area (Å²) in [7, 11) is 0. The van der Waals surface area contributed by atoms with Crippen molar-refractivity contribution in [2.45, 2.75) is 38.8 Å². The van der Waals surface area contributed by atoms with Crippen LogP contribution in [-0.2, 0) is 15.8 Å². The minimum Gasteiger partial charge on any atom is -0.355 e. The molecule has 9 nitrogen and oxygen atoms in total. The van der Waals surface area contributed by atoms with Crippen molar-refractivity contribution >= 4 is 34.7 Å². The standard InChI is InChI=1S/C23H24F3N7O2/c1-13-2-5-16(27-20(34)14-3-4-14)12-17(13)28-21(35)15-8-10-32(11-9-15)19-7-6-18-29-30-22(23(24,25)26)33(18)31-19/h2,5-7,12,14-15H,3-4,8-11H2,1H3,(H,27,34)(H,28,35). The Morgan fingerprint density at radius 2 is 1.63 bits per heavy atom. The maximum atomic E-state index is 13.2. The van der Waals surface area contributed by atoms with E-state index in [-0.39, 0.29) is 29.3 Å². The average Bonchev–Trinajstić information content (AvgIpc) is 3.59. The quantitative estimate of drug-likeness (QED) is 0.569. The first-order valence-electron chi connectivity index (χ1n) is 11.5. The maximum absolute atomic E-state index is 13.2. The van der Waals surface area contributed by atoms with Gasteiger partial charge in [0.2, 0.25) is 11.8 Å². The van der Waals surface area contributed by atoms with Crippen LogP contribution < -0.4 is 15.5 Å². The van der Waals surface area contributed by atoms with Gasteiger partial charge in [-0.2, -0.15) is 17.7 Å². The highest BCUT2D eigenvalue weighted by Gasteiger charge is 2.38. The van der Waals surface area contributed by atoms with Crippen LogP contribution in [0.3, 0.4) is 0 Å². The molecule has 1 saturated heterocycles. The highest BCUT2D eigenvalue weighted by molar-refractivity contribution is 5.97. The van der Waals surface area contributed by atoms with Crippen molar-refractivity contribution in [3.05, 3.63) is 41.7 Å². The van der Waals surface area contributed by atoms with E-state index in [0.29, 0.717) is 47.6 Å². The van der Waals surface area contributed by atoms with Crippen LogP contribution in [0.4, 0.5) is 30.4 Å². The van der Waals surface area contributed by atoms with Crippen molar-refractivity contribution in [3.63, 3.8) is 0 Å². The SMILES string of the molecule is Cc1ccc(NC(=O)C2CC2)cc1NC(=O)C1CCN(c2ccc3nnc(C(F)(F)F)n3n2)CC1. The molecule has 184 valence electrons. The van der Waals surface area contributed by atoms with E-state index in [9.17, 15) is 22.8 Å². The lowest BCUT2D eigenvalue weighted by atomic mass is 9.95. The average molecular weight is 487 g/mol. The van der Waals surface area contributed by atoms with Crippen molar-refractivity contribution in [1.29, 1.82) is 0 Å². The lowest BCUT2D eigenvalue weighted by Crippen LogP contribution is -2.38. The van der Waals surface area contributed by atoms with Gasteiger partial charge in [-0.3, -0.25) is 9.59 Å². The first-order valence-corrected chi connectivity index (χ1v) is 11.5. The predicted octanol–water partition coefficient (Wildman–Crippen LogP) is 3.66. The van der Waals surface area contributed by atoms with E-state index >= 15 is 0 Å². The summed E-state index contributed by atoms with van der Waals surface area (Å²) in [5.74, 6) is -1.09. The Kier molecular flexibility index (Phi) is 5.81. The molecule has 3 heterocycles. The Morgan fingerprint density at radius 3 is 2.31 bits per heavy atom. The van der Waals surface area contributed by atoms with Gasteiger partial charge in [-0.05, 0) is 62.4 Å². The maximum Gasteiger partial charge on any atom is 0.453 e. The van der Waals surface area contributed by atoms with Crippen molar-refractivity contribution < 1.29 is 22.8 Å². The Labute approximate surface area is 198 Å². The Bertz CT molecular complexity index is 1280. The van der Waals surface area contributed by atoms with Gasteiger partial charge in [-0.15, -0.1) is 15.3 Å². The van der Waals surface area contributed by atoms with Crippen LogP contribution in [0.1, 0.15) is 37.1 Å². The van der Waals surface area contributed by atoms with Crippen molar-refractivity contribution in [3.8, 4) is 0 Å². The summed E-state index contributed by atoms with van der Waals surface area (Å²) >= 11 is 0. The summed E-state index contributed by atoms with van der Waals surface area (Å²) in [5.41, 5.74) is 2.19. The van der Waals surface area contributed by atoms with Gasteiger partial charge in [0.1, 0.15) is 5.82 Å². The second-order valence-electron chi connectivity index (χ2n) is 9.03. The third-order valence-corrected chi connectivity index (χ3v) is 6.40. The van der Waals surface area contributed by atoms with Gasteiger partial charge < -0.3 is 15.5 Å². The number of aryl methyl sites for hydroxylation is 1. The summed E-state index contributed by atoms with van der Waals surface area (Å²) < 4.78 is 40.2. The monoisotopic (exact) mass is 487 g/mol. The smallest absolute Gasteiger partial charge is 0.355 e. The second kappa shape index (κ2) is 8.82. The molecule has 12 heteroatoms. The number of aromatic nitrogens is 4. The zero-order valence-corrected chi connectivity index (χ0v) is 19.0. The van der Waals surface area contributed by atoms with Crippen LogP contribution in [0, 0.1) is 18.8 Å². The van der Waals surface area contributed by atoms with Gasteiger partial charge in [-0.1, -0.05) is 6.07 Å². The largest absolute Gasteiger partial charge is 0.453 e. The molecule has 0 atom stereocenters. The van der Waals surface area contributed by atoms with E-state index in [0.717, 1.165) is 18.4 Å². The van der Waals surface area contributed by atoms with E-state index in [2.05, 4.69) is 25.9 Å². The molecule has 0 spiro atoms. The van der Waals surface area contributed by atoms with Gasteiger partial charge in [0.25, 0.3) is 5.82 Å². The molecule has 5 rings (SSSR count). The second-order valence-corrected chi connectivity index (χ2v) is 9.03. The first kappa shape index (κ1) is 23.1. The number of halogens is 3. The van der Waals surface area contributed by atoms with Gasteiger partial charge in [-0.25, -0.2) is 0 Å². The van der Waals surface area contributed by atoms with E-state index in [1.54, 1.807) is 12.1 Å². The molecule has 2 aliphatic rings. The third kappa shape index (κ3) is 4.91. The van der Waals surface area contributed by atoms with Gasteiger partial charge >= 0.3 is 6.18 Å². The lowest BCUT2D eigenvalue weighted by molar-refractivity contribution is -0.146. The molecule has 0 bridgehead atoms. The Hall–Kier alpha value is -3.70. The molecular weight excluding hydrogens is 463 g/mol. The molecule has 1 aromatic carbocycles. The number of rotatable bonds is 5. The fourth-order valence-electron chi connectivity index (χ4n) is 4.15. The van der Waals surface area contributed by atoms with Crippen molar-refractivity contribution in [2.75, 3.05) is 28.6 Å². The minimum atomic E-state index is -4.66. The number of nitrogens with one attached hydrogen (secondary N) is 2. The van der Waals surface area contributed by atoms with E-state index in [1.165, 1.54) is 6.07 Å². The molecule has 0 unspecified atom stereocenters. The van der Waals surface area contributed by atoms with Gasteiger partial charge in [0.15, 0.2) is 5.65 Å². The third-order valence-electron chi connectivity index (χ3n) is 6.40. The number of fused-ring (bicyclic) bond motifs is 1. The summed E-state index contributed by atoms with van der Waals surface area (Å²) in [4.78, 5) is 26.8. The summed E-state index contributed by atoms with van der Waals surface area (Å²) in [5, 5.41) is 16.7. The van der Waals surface area contributed by atoms with E-state index in [4.69, 9.17) is 0 Å². The highest BCUT2D eigenvalue weighted by Crippen LogP contribution is 2.32. The Balaban J connectivity index is 1.22. The molecule has 2 N–H and O–H groups in total. The number of nitrogens with zero attached hydrogens (tertiary/aromatic N) is 5. The van der Waals surface area contributed by atoms with Crippen molar-refractivity contribution in [2.24, 2.45) is 11.8 Å². The number of benzene rings is 1. The number of anilines is 3. The molecule has 1 saturated carbocycles. The number of amides is 2. The molecule has 35 heavy (non-hydrogen) atoms. The highest BCUT2D eigenvalue weighted by atomic mass is 19.4. The molecule has 0 radical (unpaired) electrons. The topological polar surface area (TPSA) is 105 Å². The number of piperidine rings is 1. The zero-order chi connectivity index (χ0) is 24.7. The molecule has 2 aromatic heterocycles. The molecule has 2 amide bonds. The summed E-state index contributed by atoms with van der Waals surface area (Å²) in [6.07, 6.45) is -1.79. The van der Waals surface area contributed by atoms with Crippen LogP contribution >= 0.6 is 0 Å². The van der Waals surface area contributed by atoms with Crippen LogP contribution in [-0.4, -0.2) is 44.7 Å². The lowest BCUT2D eigenvalue weighted by Gasteiger charge is -2.32. The van der Waals surface area contributed by atoms with Crippen LogP contribution in [0.2, 0.25) is 0 Å². The van der Waals surface area contributed by atoms with Crippen LogP contribution in [0.15, 0.2) is 30.3 Å². The van der Waals surface area contributed by atoms with Gasteiger partial charge in [0, 0.05) is 36.3 Å². The predicted molar refractivity (Wildman–Crippen MR) is 122 cm³/mol. The molecule has 1 aliphatic carbocycles. The summed E-state index contributed by atoms with van der Waals surface area (Å²) in [6.45, 7) is 2.82. The zero-order valence-electron chi connectivity index (χ0n) is 19.0. The minimum absolute atomic E-state index is 0.000808. The first-order chi connectivity index (χ1) is 16.7. The van der Waals surface area contributed by atoms with Gasteiger partial charge in [0.05, 0.1) is 0 Å². The van der Waals surface area contributed by atoms with Crippen molar-refractivity contribution in [1.82, 2.24) is 19.8 Å². The summed E-state index contributed by atoms with van der Waals surface area (Å²) in [6, 6.07) is 8.48. The molecule has 3 aromatic rings. The fraction of sp³-hybridized carbons (Fsp3) is 0.435. The number of carbonyl (C=O) groups is 2. The van der Waals surface area contributed by atoms with Crippen LogP contribution in [0.25, 0.3) is 5.65 Å². The normalized spacial score (nSPS) is 17.0. The number of hydrogen-bond acceptors (Lipinski definition) is 6. The number of hydrogen-bond donors (Lipinski definition) is 2. The number of alkyl halides is 3. The Morgan fingerprint density at radius 1 is 0.943 bits per heavy atom. The fourth-order valence-corrected chi connectivity index (χ4v) is 4.15. The van der Waals surface area contributed by atoms with E-state index < -0.39 is 12.0 Å². The number of carbonyl (C=O) groups excluding carboxylic acids is 2. The molecular formula is C23H24F3N7O2. The molecule has 1 aliphatic heterocycles. The van der Waals surface area contributed by atoms with Crippen LogP contribution in [0.5, 0.6) is 0 Å². The molecule has 2 fully saturated rings. The van der Waals surface area contributed by atoms with E-state index in [1.807, 2.05) is 24.0 Å².